The zero-order chi connectivity index (χ0) is 21.8. The van der Waals surface area contributed by atoms with Gasteiger partial charge in [-0.2, -0.15) is 0 Å². The number of aryl methyl sites for hydroxylation is 1. The van der Waals surface area contributed by atoms with E-state index in [0.29, 0.717) is 18.6 Å². The van der Waals surface area contributed by atoms with E-state index in [9.17, 15) is 14.7 Å². The first-order chi connectivity index (χ1) is 15.1. The van der Waals surface area contributed by atoms with Gasteiger partial charge in [-0.05, 0) is 18.1 Å². The standard InChI is InChI=1S/C24H26N2O5/c1-17-13-25(24(29)26(23(17)28)14-18-8-4-2-5-9-18)22-12-20(21(15-27)31-22)30-16-19-10-6-3-7-11-19/h2-11,13,20-22,27H,12,14-16H2,1H3/t20-,21-,22-/m0/s1. The fourth-order valence-electron chi connectivity index (χ4n) is 3.86. The molecule has 2 heterocycles. The van der Waals surface area contributed by atoms with Crippen molar-refractivity contribution in [1.82, 2.24) is 9.13 Å². The van der Waals surface area contributed by atoms with E-state index in [1.54, 1.807) is 6.92 Å². The second kappa shape index (κ2) is 9.43. The van der Waals surface area contributed by atoms with Crippen molar-refractivity contribution < 1.29 is 14.6 Å². The van der Waals surface area contributed by atoms with E-state index < -0.39 is 18.0 Å². The third-order valence-corrected chi connectivity index (χ3v) is 5.53. The van der Waals surface area contributed by atoms with Crippen molar-refractivity contribution in [2.24, 2.45) is 0 Å². The smallest absolute Gasteiger partial charge is 0.333 e. The number of ether oxygens (including phenoxy) is 2. The molecule has 0 amide bonds. The number of aliphatic hydroxyl groups excluding tert-OH is 1. The first-order valence-corrected chi connectivity index (χ1v) is 10.3. The molecule has 31 heavy (non-hydrogen) atoms. The lowest BCUT2D eigenvalue weighted by atomic mass is 10.1. The Morgan fingerprint density at radius 3 is 2.32 bits per heavy atom. The Bertz CT molecular complexity index is 1120. The monoisotopic (exact) mass is 422 g/mol. The van der Waals surface area contributed by atoms with Crippen molar-refractivity contribution in [2.45, 2.75) is 44.9 Å². The summed E-state index contributed by atoms with van der Waals surface area (Å²) in [5, 5.41) is 9.77. The Balaban J connectivity index is 1.57. The van der Waals surface area contributed by atoms with E-state index in [2.05, 4.69) is 0 Å². The summed E-state index contributed by atoms with van der Waals surface area (Å²) in [6.45, 7) is 2.04. The number of rotatable bonds is 7. The van der Waals surface area contributed by atoms with Gasteiger partial charge in [0.15, 0.2) is 0 Å². The Hall–Kier alpha value is -3.00. The van der Waals surface area contributed by atoms with Gasteiger partial charge in [0.2, 0.25) is 0 Å². The molecule has 0 spiro atoms. The Morgan fingerprint density at radius 1 is 1.03 bits per heavy atom. The molecule has 3 atom stereocenters. The van der Waals surface area contributed by atoms with Crippen LogP contribution in [-0.2, 0) is 22.6 Å². The van der Waals surface area contributed by atoms with Gasteiger partial charge in [-0.3, -0.25) is 13.9 Å². The maximum absolute atomic E-state index is 13.2. The summed E-state index contributed by atoms with van der Waals surface area (Å²) in [5.41, 5.74) is 1.58. The van der Waals surface area contributed by atoms with Crippen LogP contribution in [0.5, 0.6) is 0 Å². The van der Waals surface area contributed by atoms with Crippen LogP contribution in [0.3, 0.4) is 0 Å². The predicted molar refractivity (Wildman–Crippen MR) is 116 cm³/mol. The highest BCUT2D eigenvalue weighted by Crippen LogP contribution is 2.30. The number of hydrogen-bond donors (Lipinski definition) is 1. The first kappa shape index (κ1) is 21.2. The molecule has 7 heteroatoms. The molecule has 0 unspecified atom stereocenters. The van der Waals surface area contributed by atoms with Gasteiger partial charge in [0, 0.05) is 18.2 Å². The molecular weight excluding hydrogens is 396 g/mol. The topological polar surface area (TPSA) is 82.7 Å². The number of benzene rings is 2. The normalized spacial score (nSPS) is 20.8. The van der Waals surface area contributed by atoms with Crippen LogP contribution in [0.4, 0.5) is 0 Å². The summed E-state index contributed by atoms with van der Waals surface area (Å²) < 4.78 is 14.6. The molecule has 1 N–H and O–H groups in total. The zero-order valence-electron chi connectivity index (χ0n) is 17.4. The minimum atomic E-state index is -0.619. The van der Waals surface area contributed by atoms with E-state index in [4.69, 9.17) is 9.47 Å². The number of aliphatic hydroxyl groups is 1. The van der Waals surface area contributed by atoms with Crippen LogP contribution in [0, 0.1) is 6.92 Å². The number of aromatic nitrogens is 2. The third kappa shape index (κ3) is 4.69. The fourth-order valence-corrected chi connectivity index (χ4v) is 3.86. The third-order valence-electron chi connectivity index (χ3n) is 5.53. The summed E-state index contributed by atoms with van der Waals surface area (Å²) in [7, 11) is 0. The maximum Gasteiger partial charge on any atom is 0.333 e. The van der Waals surface area contributed by atoms with E-state index >= 15 is 0 Å². The summed E-state index contributed by atoms with van der Waals surface area (Å²) in [5.74, 6) is 0. The minimum absolute atomic E-state index is 0.185. The van der Waals surface area contributed by atoms with Crippen molar-refractivity contribution in [3.8, 4) is 0 Å². The van der Waals surface area contributed by atoms with Gasteiger partial charge in [-0.1, -0.05) is 60.7 Å². The average molecular weight is 422 g/mol. The minimum Gasteiger partial charge on any atom is -0.394 e. The summed E-state index contributed by atoms with van der Waals surface area (Å²) in [6.07, 6.45) is 0.408. The molecule has 3 aromatic rings. The van der Waals surface area contributed by atoms with Crippen LogP contribution in [0.2, 0.25) is 0 Å². The van der Waals surface area contributed by atoms with Crippen LogP contribution >= 0.6 is 0 Å². The van der Waals surface area contributed by atoms with E-state index in [1.807, 2.05) is 60.7 Å². The van der Waals surface area contributed by atoms with Crippen LogP contribution in [-0.4, -0.2) is 33.1 Å². The van der Waals surface area contributed by atoms with Crippen molar-refractivity contribution in [2.75, 3.05) is 6.61 Å². The van der Waals surface area contributed by atoms with Crippen LogP contribution in [0.15, 0.2) is 76.4 Å². The van der Waals surface area contributed by atoms with Gasteiger partial charge >= 0.3 is 5.69 Å². The fraction of sp³-hybridized carbons (Fsp3) is 0.333. The predicted octanol–water partition coefficient (Wildman–Crippen LogP) is 2.23. The van der Waals surface area contributed by atoms with Crippen molar-refractivity contribution in [3.05, 3.63) is 104 Å². The van der Waals surface area contributed by atoms with Crippen molar-refractivity contribution >= 4 is 0 Å². The molecule has 1 fully saturated rings. The summed E-state index contributed by atoms with van der Waals surface area (Å²) in [6, 6.07) is 19.1. The molecule has 1 aromatic heterocycles. The Kier molecular flexibility index (Phi) is 6.46. The molecule has 7 nitrogen and oxygen atoms in total. The molecule has 4 rings (SSSR count). The van der Waals surface area contributed by atoms with Gasteiger partial charge in [0.05, 0.1) is 25.9 Å². The van der Waals surface area contributed by atoms with Crippen molar-refractivity contribution in [3.63, 3.8) is 0 Å². The highest BCUT2D eigenvalue weighted by Gasteiger charge is 2.37. The van der Waals surface area contributed by atoms with E-state index in [1.165, 1.54) is 15.3 Å². The van der Waals surface area contributed by atoms with E-state index in [0.717, 1.165) is 11.1 Å². The number of nitrogens with zero attached hydrogens (tertiary/aromatic N) is 2. The summed E-state index contributed by atoms with van der Waals surface area (Å²) in [4.78, 5) is 25.8. The van der Waals surface area contributed by atoms with Crippen LogP contribution in [0.25, 0.3) is 0 Å². The van der Waals surface area contributed by atoms with Gasteiger partial charge in [-0.25, -0.2) is 4.79 Å². The highest BCUT2D eigenvalue weighted by atomic mass is 16.6. The lowest BCUT2D eigenvalue weighted by Crippen LogP contribution is -2.42. The largest absolute Gasteiger partial charge is 0.394 e. The second-order valence-electron chi connectivity index (χ2n) is 7.76. The van der Waals surface area contributed by atoms with Crippen LogP contribution in [0.1, 0.15) is 29.3 Å². The lowest BCUT2D eigenvalue weighted by Gasteiger charge is -2.17. The van der Waals surface area contributed by atoms with Gasteiger partial charge in [0.1, 0.15) is 12.3 Å². The van der Waals surface area contributed by atoms with Gasteiger partial charge in [0.25, 0.3) is 5.56 Å². The lowest BCUT2D eigenvalue weighted by molar-refractivity contribution is -0.0660. The highest BCUT2D eigenvalue weighted by molar-refractivity contribution is 5.16. The molecule has 0 saturated carbocycles. The van der Waals surface area contributed by atoms with Crippen LogP contribution < -0.4 is 11.2 Å². The molecule has 1 saturated heterocycles. The summed E-state index contributed by atoms with van der Waals surface area (Å²) >= 11 is 0. The van der Waals surface area contributed by atoms with Gasteiger partial charge in [-0.15, -0.1) is 0 Å². The molecule has 1 aliphatic heterocycles. The number of hydrogen-bond acceptors (Lipinski definition) is 5. The van der Waals surface area contributed by atoms with Gasteiger partial charge < -0.3 is 14.6 Å². The second-order valence-corrected chi connectivity index (χ2v) is 7.76. The average Bonchev–Trinajstić information content (AvgIpc) is 3.22. The molecule has 0 bridgehead atoms. The molecule has 0 aliphatic carbocycles. The zero-order valence-corrected chi connectivity index (χ0v) is 17.4. The molecule has 1 aliphatic rings. The molecule has 162 valence electrons. The maximum atomic E-state index is 13.2. The Morgan fingerprint density at radius 2 is 1.68 bits per heavy atom. The first-order valence-electron chi connectivity index (χ1n) is 10.3. The molecule has 2 aromatic carbocycles. The van der Waals surface area contributed by atoms with Crippen molar-refractivity contribution in [1.29, 1.82) is 0 Å². The quantitative estimate of drug-likeness (QED) is 0.631. The molecular formula is C24H26N2O5. The Labute approximate surface area is 180 Å². The van der Waals surface area contributed by atoms with E-state index in [-0.39, 0.29) is 24.8 Å². The molecule has 0 radical (unpaired) electrons. The SMILES string of the molecule is Cc1cn([C@@H]2C[C@H](OCc3ccccc3)[C@H](CO)O2)c(=O)n(Cc2ccccc2)c1=O.